The van der Waals surface area contributed by atoms with Gasteiger partial charge in [0.2, 0.25) is 0 Å². The molecular weight excluding hydrogens is 494 g/mol. The SMILES string of the molecule is CC(OCCO)OC1(C)C2(F)C(F)(F)C3(F)C(F)(F)C(F)(C2(F)F)C(F)(F)C1(F)C3(F)F. The molecule has 4 aliphatic carbocycles. The van der Waals surface area contributed by atoms with Gasteiger partial charge < -0.3 is 14.6 Å². The topological polar surface area (TPSA) is 38.7 Å². The van der Waals surface area contributed by atoms with Crippen molar-refractivity contribution in [2.45, 2.75) is 78.0 Å². The molecule has 1 N–H and O–H groups in total. The molecule has 0 aliphatic heterocycles. The Morgan fingerprint density at radius 2 is 0.875 bits per heavy atom. The fourth-order valence-corrected chi connectivity index (χ4v) is 4.95. The lowest BCUT2D eigenvalue weighted by Gasteiger charge is -2.76. The standard InChI is InChI=1S/C15H12F14O3/c1-5(31-4-3-30)32-6(2)7(16)11(20,21)9(18)13(24,25)8(6,17)14(26,27)10(19,12(7,22)23)15(9,28)29/h5,30H,3-4H2,1-2H3. The third-order valence-corrected chi connectivity index (χ3v) is 6.49. The Bertz CT molecular complexity index is 740. The molecular formula is C15H12F14O3. The fraction of sp³-hybridized carbons (Fsp3) is 1.00. The first-order valence-electron chi connectivity index (χ1n) is 8.50. The van der Waals surface area contributed by atoms with Gasteiger partial charge in [-0.1, -0.05) is 0 Å². The molecule has 32 heavy (non-hydrogen) atoms. The normalized spacial score (nSPS) is 49.8. The van der Waals surface area contributed by atoms with E-state index in [0.717, 1.165) is 0 Å². The van der Waals surface area contributed by atoms with E-state index >= 15 is 8.78 Å². The molecule has 188 valence electrons. The lowest BCUT2D eigenvalue weighted by atomic mass is 9.37. The summed E-state index contributed by atoms with van der Waals surface area (Å²) >= 11 is 0. The van der Waals surface area contributed by atoms with Crippen molar-refractivity contribution in [2.24, 2.45) is 0 Å². The molecule has 0 aromatic rings. The minimum atomic E-state index is -7.72. The van der Waals surface area contributed by atoms with Gasteiger partial charge in [-0.2, -0.15) is 43.9 Å². The zero-order valence-corrected chi connectivity index (χ0v) is 15.5. The van der Waals surface area contributed by atoms with Gasteiger partial charge in [0.15, 0.2) is 11.9 Å². The van der Waals surface area contributed by atoms with Gasteiger partial charge in [-0.15, -0.1) is 0 Å². The van der Waals surface area contributed by atoms with Crippen molar-refractivity contribution in [3.63, 3.8) is 0 Å². The Labute approximate surface area is 168 Å². The highest BCUT2D eigenvalue weighted by Gasteiger charge is 3.21. The van der Waals surface area contributed by atoms with Crippen molar-refractivity contribution in [3.05, 3.63) is 0 Å². The molecule has 0 amide bonds. The number of halogens is 14. The largest absolute Gasteiger partial charge is 0.394 e. The lowest BCUT2D eigenvalue weighted by molar-refractivity contribution is -0.604. The Hall–Kier alpha value is -1.10. The van der Waals surface area contributed by atoms with Crippen LogP contribution in [0.5, 0.6) is 0 Å². The van der Waals surface area contributed by atoms with E-state index in [2.05, 4.69) is 9.47 Å². The second-order valence-electron chi connectivity index (χ2n) is 7.82. The predicted molar refractivity (Wildman–Crippen MR) is 72.1 cm³/mol. The van der Waals surface area contributed by atoms with Crippen LogP contribution in [0, 0.1) is 0 Å². The quantitative estimate of drug-likeness (QED) is 0.450. The summed E-state index contributed by atoms with van der Waals surface area (Å²) in [6, 6.07) is 0. The number of ether oxygens (including phenoxy) is 2. The maximum Gasteiger partial charge on any atom is 0.339 e. The third kappa shape index (κ3) is 1.67. The Kier molecular flexibility index (Phi) is 4.59. The third-order valence-electron chi connectivity index (χ3n) is 6.49. The first kappa shape index (κ1) is 25.5. The van der Waals surface area contributed by atoms with Crippen LogP contribution in [0.15, 0.2) is 0 Å². The molecule has 4 rings (SSSR count). The van der Waals surface area contributed by atoms with Crippen molar-refractivity contribution in [3.8, 4) is 0 Å². The van der Waals surface area contributed by atoms with Crippen LogP contribution in [0.1, 0.15) is 13.8 Å². The summed E-state index contributed by atoms with van der Waals surface area (Å²) in [5, 5.41) is 8.55. The number of rotatable bonds is 5. The average Bonchev–Trinajstić information content (AvgIpc) is 2.65. The van der Waals surface area contributed by atoms with Crippen LogP contribution in [0.4, 0.5) is 61.5 Å². The van der Waals surface area contributed by atoms with Gasteiger partial charge in [-0.3, -0.25) is 0 Å². The molecule has 1 atom stereocenters. The monoisotopic (exact) mass is 506 g/mol. The van der Waals surface area contributed by atoms with Gasteiger partial charge in [-0.25, -0.2) is 17.6 Å². The van der Waals surface area contributed by atoms with Gasteiger partial charge in [-0.05, 0) is 13.8 Å². The van der Waals surface area contributed by atoms with E-state index in [1.165, 1.54) is 0 Å². The highest BCUT2D eigenvalue weighted by Crippen LogP contribution is 2.88. The van der Waals surface area contributed by atoms with Crippen molar-refractivity contribution in [2.75, 3.05) is 13.2 Å². The van der Waals surface area contributed by atoms with E-state index in [0.29, 0.717) is 6.92 Å². The Morgan fingerprint density at radius 1 is 0.594 bits per heavy atom. The maximum absolute atomic E-state index is 15.5. The predicted octanol–water partition coefficient (Wildman–Crippen LogP) is 4.17. The van der Waals surface area contributed by atoms with Crippen LogP contribution in [0.25, 0.3) is 0 Å². The highest BCUT2D eigenvalue weighted by molar-refractivity contribution is 5.55. The van der Waals surface area contributed by atoms with Crippen molar-refractivity contribution < 1.29 is 76.0 Å². The van der Waals surface area contributed by atoms with Crippen molar-refractivity contribution >= 4 is 0 Å². The van der Waals surface area contributed by atoms with Gasteiger partial charge in [0.1, 0.15) is 0 Å². The fourth-order valence-electron chi connectivity index (χ4n) is 4.95. The second kappa shape index (κ2) is 5.75. The first-order valence-corrected chi connectivity index (χ1v) is 8.50. The minimum absolute atomic E-state index is 0.357. The van der Waals surface area contributed by atoms with Gasteiger partial charge in [0, 0.05) is 0 Å². The maximum atomic E-state index is 15.5. The van der Waals surface area contributed by atoms with Gasteiger partial charge in [0.25, 0.3) is 11.3 Å². The van der Waals surface area contributed by atoms with Gasteiger partial charge >= 0.3 is 41.0 Å². The summed E-state index contributed by atoms with van der Waals surface area (Å²) in [5.74, 6) is -37.4. The average molecular weight is 506 g/mol. The number of hydrogen-bond acceptors (Lipinski definition) is 3. The summed E-state index contributed by atoms with van der Waals surface area (Å²) in [7, 11) is 0. The van der Waals surface area contributed by atoms with Crippen LogP contribution in [-0.2, 0) is 9.47 Å². The number of alkyl halides is 14. The van der Waals surface area contributed by atoms with Crippen molar-refractivity contribution in [1.82, 2.24) is 0 Å². The van der Waals surface area contributed by atoms with Crippen LogP contribution in [0.3, 0.4) is 0 Å². The molecule has 17 heteroatoms. The molecule has 0 aromatic heterocycles. The molecule has 0 saturated heterocycles. The molecule has 1 unspecified atom stereocenters. The minimum Gasteiger partial charge on any atom is -0.394 e. The summed E-state index contributed by atoms with van der Waals surface area (Å²) in [5.41, 5.74) is -34.4. The van der Waals surface area contributed by atoms with E-state index in [4.69, 9.17) is 5.11 Å². The molecule has 0 aromatic carbocycles. The lowest BCUT2D eigenvalue weighted by Crippen LogP contribution is -3.10. The molecule has 3 nitrogen and oxygen atoms in total. The molecule has 0 radical (unpaired) electrons. The summed E-state index contributed by atoms with van der Waals surface area (Å²) < 4.78 is 214. The Balaban J connectivity index is 2.52. The summed E-state index contributed by atoms with van der Waals surface area (Å²) in [6.45, 7) is -2.44. The summed E-state index contributed by atoms with van der Waals surface area (Å²) in [6.07, 6.45) is -2.63. The van der Waals surface area contributed by atoms with E-state index in [-0.39, 0.29) is 0 Å². The molecule has 0 spiro atoms. The molecule has 4 fully saturated rings. The van der Waals surface area contributed by atoms with Crippen LogP contribution in [0.2, 0.25) is 0 Å². The number of aliphatic hydroxyl groups is 1. The van der Waals surface area contributed by atoms with Crippen LogP contribution < -0.4 is 0 Å². The van der Waals surface area contributed by atoms with Gasteiger partial charge in [0.05, 0.1) is 13.2 Å². The molecule has 4 bridgehead atoms. The zero-order valence-electron chi connectivity index (χ0n) is 15.5. The van der Waals surface area contributed by atoms with Crippen LogP contribution >= 0.6 is 0 Å². The molecule has 0 heterocycles. The van der Waals surface area contributed by atoms with E-state index in [1.807, 2.05) is 0 Å². The first-order chi connectivity index (χ1) is 14.0. The Morgan fingerprint density at radius 3 is 1.16 bits per heavy atom. The smallest absolute Gasteiger partial charge is 0.339 e. The number of hydrogen-bond donors (Lipinski definition) is 1. The second-order valence-corrected chi connectivity index (χ2v) is 7.82. The van der Waals surface area contributed by atoms with Crippen LogP contribution in [-0.4, -0.2) is 82.5 Å². The zero-order chi connectivity index (χ0) is 25.4. The highest BCUT2D eigenvalue weighted by atomic mass is 19.3. The van der Waals surface area contributed by atoms with E-state index < -0.39 is 84.3 Å². The molecule has 4 aliphatic rings. The van der Waals surface area contributed by atoms with E-state index in [9.17, 15) is 52.7 Å². The van der Waals surface area contributed by atoms with Crippen molar-refractivity contribution in [1.29, 1.82) is 0 Å². The molecule has 4 saturated carbocycles. The van der Waals surface area contributed by atoms with E-state index in [1.54, 1.807) is 0 Å². The summed E-state index contributed by atoms with van der Waals surface area (Å²) in [4.78, 5) is 0. The number of aliphatic hydroxyl groups excluding tert-OH is 1.